The molecule has 4 aliphatic rings. The van der Waals surface area contributed by atoms with E-state index < -0.39 is 5.72 Å². The van der Waals surface area contributed by atoms with Gasteiger partial charge in [0.05, 0.1) is 17.3 Å². The van der Waals surface area contributed by atoms with Crippen LogP contribution in [0.2, 0.25) is 0 Å². The van der Waals surface area contributed by atoms with Gasteiger partial charge < -0.3 is 14.5 Å². The molecule has 0 radical (unpaired) electrons. The first-order chi connectivity index (χ1) is 17.6. The van der Waals surface area contributed by atoms with Crippen molar-refractivity contribution in [3.8, 4) is 5.75 Å². The molecule has 0 N–H and O–H groups in total. The van der Waals surface area contributed by atoms with Crippen LogP contribution in [-0.4, -0.2) is 25.0 Å². The lowest BCUT2D eigenvalue weighted by Gasteiger charge is -2.47. The largest absolute Gasteiger partial charge is 0.459 e. The normalized spacial score (nSPS) is 22.5. The Kier molecular flexibility index (Phi) is 3.92. The molecule has 4 nitrogen and oxygen atoms in total. The van der Waals surface area contributed by atoms with E-state index in [0.717, 1.165) is 49.2 Å². The van der Waals surface area contributed by atoms with Gasteiger partial charge in [0, 0.05) is 41.3 Å². The van der Waals surface area contributed by atoms with Crippen LogP contribution in [0.5, 0.6) is 5.75 Å². The number of hydrogen-bond donors (Lipinski definition) is 0. The van der Waals surface area contributed by atoms with Gasteiger partial charge in [-0.1, -0.05) is 60.7 Å². The van der Waals surface area contributed by atoms with Gasteiger partial charge in [-0.2, -0.15) is 0 Å². The third kappa shape index (κ3) is 2.42. The molecule has 4 heteroatoms. The molecule has 0 saturated heterocycles. The van der Waals surface area contributed by atoms with Gasteiger partial charge in [0.25, 0.3) is 0 Å². The second-order valence-corrected chi connectivity index (χ2v) is 11.1. The van der Waals surface area contributed by atoms with Crippen LogP contribution in [0.4, 0.5) is 22.7 Å². The smallest absolute Gasteiger partial charge is 0.228 e. The summed E-state index contributed by atoms with van der Waals surface area (Å²) in [4.78, 5) is 10.1. The molecule has 4 aliphatic heterocycles. The minimum absolute atomic E-state index is 0.240. The van der Waals surface area contributed by atoms with Crippen molar-refractivity contribution in [3.63, 3.8) is 0 Å². The van der Waals surface area contributed by atoms with Crippen molar-refractivity contribution < 1.29 is 4.74 Å². The SMILES string of the molecule is CC1(C)c2cccc3c2N(CCC3)C12C=Nc1c(cc(N3CCc4ccccc43)c3ccccc13)O2. The molecule has 4 heterocycles. The number of aryl methyl sites for hydroxylation is 1. The van der Waals surface area contributed by atoms with Gasteiger partial charge >= 0.3 is 0 Å². The van der Waals surface area contributed by atoms with Gasteiger partial charge in [-0.25, -0.2) is 0 Å². The summed E-state index contributed by atoms with van der Waals surface area (Å²) in [6.07, 6.45) is 5.42. The summed E-state index contributed by atoms with van der Waals surface area (Å²) in [6, 6.07) is 26.4. The van der Waals surface area contributed by atoms with E-state index in [4.69, 9.17) is 9.73 Å². The molecule has 0 aliphatic carbocycles. The van der Waals surface area contributed by atoms with Crippen molar-refractivity contribution in [2.24, 2.45) is 4.99 Å². The summed E-state index contributed by atoms with van der Waals surface area (Å²) in [5, 5.41) is 2.37. The van der Waals surface area contributed by atoms with Crippen molar-refractivity contribution in [3.05, 3.63) is 89.5 Å². The Balaban J connectivity index is 1.34. The summed E-state index contributed by atoms with van der Waals surface area (Å²) in [6.45, 7) is 6.59. The molecule has 1 unspecified atom stereocenters. The molecular weight excluding hydrogens is 442 g/mol. The van der Waals surface area contributed by atoms with Crippen LogP contribution in [0, 0.1) is 0 Å². The first kappa shape index (κ1) is 20.4. The summed E-state index contributed by atoms with van der Waals surface area (Å²) in [7, 11) is 0. The number of rotatable bonds is 1. The van der Waals surface area contributed by atoms with Crippen LogP contribution >= 0.6 is 0 Å². The molecule has 1 atom stereocenters. The van der Waals surface area contributed by atoms with Gasteiger partial charge in [-0.3, -0.25) is 4.99 Å². The molecule has 0 saturated carbocycles. The van der Waals surface area contributed by atoms with Gasteiger partial charge in [-0.05, 0) is 55.9 Å². The minimum Gasteiger partial charge on any atom is -0.459 e. The van der Waals surface area contributed by atoms with Crippen molar-refractivity contribution in [1.29, 1.82) is 0 Å². The first-order valence-electron chi connectivity index (χ1n) is 13.1. The van der Waals surface area contributed by atoms with E-state index in [1.165, 1.54) is 39.1 Å². The van der Waals surface area contributed by atoms with Crippen LogP contribution in [0.1, 0.15) is 37.0 Å². The highest BCUT2D eigenvalue weighted by Gasteiger charge is 2.60. The number of hydrogen-bond acceptors (Lipinski definition) is 4. The van der Waals surface area contributed by atoms with E-state index in [1.54, 1.807) is 0 Å². The zero-order valence-electron chi connectivity index (χ0n) is 20.8. The molecule has 4 aromatic carbocycles. The van der Waals surface area contributed by atoms with E-state index in [1.807, 2.05) is 0 Å². The minimum atomic E-state index is -0.637. The molecule has 0 fully saturated rings. The van der Waals surface area contributed by atoms with E-state index in [9.17, 15) is 0 Å². The second-order valence-electron chi connectivity index (χ2n) is 11.1. The maximum atomic E-state index is 7.22. The molecule has 8 rings (SSSR count). The van der Waals surface area contributed by atoms with Crippen LogP contribution in [0.3, 0.4) is 0 Å². The van der Waals surface area contributed by atoms with E-state index >= 15 is 0 Å². The number of benzene rings is 4. The average molecular weight is 472 g/mol. The number of anilines is 3. The predicted octanol–water partition coefficient (Wildman–Crippen LogP) is 7.07. The Bertz CT molecular complexity index is 1600. The average Bonchev–Trinajstić information content (AvgIpc) is 3.42. The summed E-state index contributed by atoms with van der Waals surface area (Å²) >= 11 is 0. The lowest BCUT2D eigenvalue weighted by Crippen LogP contribution is -2.62. The molecule has 4 aromatic rings. The fourth-order valence-corrected chi connectivity index (χ4v) is 7.12. The van der Waals surface area contributed by atoms with Crippen LogP contribution in [0.15, 0.2) is 77.8 Å². The maximum Gasteiger partial charge on any atom is 0.228 e. The fraction of sp³-hybridized carbons (Fsp3) is 0.281. The Morgan fingerprint density at radius 2 is 1.61 bits per heavy atom. The van der Waals surface area contributed by atoms with Crippen molar-refractivity contribution in [2.45, 2.75) is 44.2 Å². The van der Waals surface area contributed by atoms with E-state index in [0.29, 0.717) is 0 Å². The van der Waals surface area contributed by atoms with Gasteiger partial charge in [0.15, 0.2) is 5.75 Å². The quantitative estimate of drug-likeness (QED) is 0.297. The van der Waals surface area contributed by atoms with Crippen molar-refractivity contribution >= 4 is 39.7 Å². The fourth-order valence-electron chi connectivity index (χ4n) is 7.12. The zero-order valence-corrected chi connectivity index (χ0v) is 20.8. The molecule has 0 bridgehead atoms. The monoisotopic (exact) mass is 471 g/mol. The third-order valence-corrected chi connectivity index (χ3v) is 8.96. The highest BCUT2D eigenvalue weighted by atomic mass is 16.5. The lowest BCUT2D eigenvalue weighted by molar-refractivity contribution is 0.0770. The zero-order chi connectivity index (χ0) is 24.1. The molecule has 0 aromatic heterocycles. The predicted molar refractivity (Wildman–Crippen MR) is 148 cm³/mol. The van der Waals surface area contributed by atoms with E-state index in [-0.39, 0.29) is 5.41 Å². The number of nitrogens with zero attached hydrogens (tertiary/aromatic N) is 3. The van der Waals surface area contributed by atoms with Gasteiger partial charge in [0.2, 0.25) is 5.72 Å². The number of fused-ring (bicyclic) bond motifs is 5. The van der Waals surface area contributed by atoms with Crippen LogP contribution in [0.25, 0.3) is 10.8 Å². The number of para-hydroxylation sites is 2. The molecule has 0 amide bonds. The summed E-state index contributed by atoms with van der Waals surface area (Å²) < 4.78 is 7.22. The first-order valence-corrected chi connectivity index (χ1v) is 13.1. The Hall–Kier alpha value is -3.79. The van der Waals surface area contributed by atoms with Crippen molar-refractivity contribution in [2.75, 3.05) is 22.9 Å². The number of aliphatic imine (C=N–C) groups is 1. The Labute approximate surface area is 211 Å². The Morgan fingerprint density at radius 3 is 2.53 bits per heavy atom. The van der Waals surface area contributed by atoms with E-state index in [2.05, 4.69) is 103 Å². The molecule has 178 valence electrons. The van der Waals surface area contributed by atoms with Gasteiger partial charge in [0.1, 0.15) is 5.69 Å². The topological polar surface area (TPSA) is 28.1 Å². The summed E-state index contributed by atoms with van der Waals surface area (Å²) in [5.41, 5.74) is 8.12. The molecular formula is C32H29N3O. The standard InChI is InChI=1S/C32H29N3O/c1-31(2)25-14-7-10-22-11-8-17-35(30(22)25)32(31)20-33-29-24-13-5-4-12-23(24)27(19-28(29)36-32)34-18-16-21-9-3-6-15-26(21)34/h3-7,9-10,12-15,19-20H,8,11,16-18H2,1-2H3. The highest BCUT2D eigenvalue weighted by Crippen LogP contribution is 2.57. The third-order valence-electron chi connectivity index (χ3n) is 8.96. The molecule has 1 spiro atoms. The Morgan fingerprint density at radius 1 is 0.806 bits per heavy atom. The molecule has 36 heavy (non-hydrogen) atoms. The van der Waals surface area contributed by atoms with Crippen molar-refractivity contribution in [1.82, 2.24) is 0 Å². The summed E-state index contributed by atoms with van der Waals surface area (Å²) in [5.74, 6) is 0.878. The second kappa shape index (κ2) is 6.91. The number of ether oxygens (including phenoxy) is 1. The van der Waals surface area contributed by atoms with Crippen LogP contribution in [-0.2, 0) is 18.3 Å². The highest BCUT2D eigenvalue weighted by molar-refractivity contribution is 6.07. The van der Waals surface area contributed by atoms with Crippen LogP contribution < -0.4 is 14.5 Å². The maximum absolute atomic E-state index is 7.22. The van der Waals surface area contributed by atoms with Gasteiger partial charge in [-0.15, -0.1) is 0 Å². The lowest BCUT2D eigenvalue weighted by atomic mass is 9.77.